The lowest BCUT2D eigenvalue weighted by molar-refractivity contribution is -0.116. The van der Waals surface area contributed by atoms with Crippen LogP contribution in [0.4, 0.5) is 5.69 Å². The van der Waals surface area contributed by atoms with E-state index in [0.717, 1.165) is 6.20 Å². The Kier molecular flexibility index (Phi) is 5.14. The molecule has 138 valence electrons. The molecule has 1 amide bonds. The van der Waals surface area contributed by atoms with E-state index in [1.807, 2.05) is 0 Å². The molecule has 3 aromatic rings. The minimum atomic E-state index is -1.36. The summed E-state index contributed by atoms with van der Waals surface area (Å²) in [6.45, 7) is -0.188. The van der Waals surface area contributed by atoms with Crippen molar-refractivity contribution >= 4 is 40.1 Å². The largest absolute Gasteiger partial charge is 0.497 e. The summed E-state index contributed by atoms with van der Waals surface area (Å²) in [5, 5.41) is 12.7. The third-order valence-corrected chi connectivity index (χ3v) is 4.21. The van der Waals surface area contributed by atoms with Crippen molar-refractivity contribution in [2.75, 3.05) is 12.4 Å². The zero-order valence-corrected chi connectivity index (χ0v) is 15.0. The van der Waals surface area contributed by atoms with Crippen molar-refractivity contribution in [1.82, 2.24) is 4.57 Å². The molecule has 0 fully saturated rings. The summed E-state index contributed by atoms with van der Waals surface area (Å²) < 4.78 is 6.57. The first-order valence-electron chi connectivity index (χ1n) is 7.89. The van der Waals surface area contributed by atoms with Gasteiger partial charge in [-0.05, 0) is 36.4 Å². The Morgan fingerprint density at radius 2 is 1.89 bits per heavy atom. The molecule has 0 saturated heterocycles. The summed E-state index contributed by atoms with van der Waals surface area (Å²) in [4.78, 5) is 36.2. The number of carboxylic acids is 1. The Morgan fingerprint density at radius 1 is 1.19 bits per heavy atom. The molecule has 1 aromatic heterocycles. The molecule has 2 N–H and O–H groups in total. The summed E-state index contributed by atoms with van der Waals surface area (Å²) in [5.41, 5.74) is -0.0807. The first-order chi connectivity index (χ1) is 12.9. The number of amides is 1. The monoisotopic (exact) mass is 386 g/mol. The van der Waals surface area contributed by atoms with Crippen LogP contribution in [-0.4, -0.2) is 28.7 Å². The first kappa shape index (κ1) is 18.5. The average Bonchev–Trinajstić information content (AvgIpc) is 2.65. The number of aromatic nitrogens is 1. The number of halogens is 1. The van der Waals surface area contributed by atoms with Crippen LogP contribution in [0.5, 0.6) is 5.75 Å². The number of pyridine rings is 1. The van der Waals surface area contributed by atoms with Gasteiger partial charge in [0.25, 0.3) is 0 Å². The summed E-state index contributed by atoms with van der Waals surface area (Å²) in [6.07, 6.45) is 1.16. The van der Waals surface area contributed by atoms with Gasteiger partial charge < -0.3 is 19.7 Å². The van der Waals surface area contributed by atoms with Gasteiger partial charge in [-0.15, -0.1) is 0 Å². The lowest BCUT2D eigenvalue weighted by atomic mass is 10.1. The maximum atomic E-state index is 12.4. The van der Waals surface area contributed by atoms with Crippen LogP contribution in [0.2, 0.25) is 5.02 Å². The number of hydrogen-bond donors (Lipinski definition) is 2. The molecule has 0 atom stereocenters. The zero-order chi connectivity index (χ0) is 19.6. The Hall–Kier alpha value is -3.32. The third-order valence-electron chi connectivity index (χ3n) is 3.96. The highest BCUT2D eigenvalue weighted by Gasteiger charge is 2.16. The van der Waals surface area contributed by atoms with Crippen molar-refractivity contribution in [1.29, 1.82) is 0 Å². The molecule has 0 bridgehead atoms. The predicted molar refractivity (Wildman–Crippen MR) is 102 cm³/mol. The Balaban J connectivity index is 2.02. The van der Waals surface area contributed by atoms with Crippen LogP contribution in [0.3, 0.4) is 0 Å². The van der Waals surface area contributed by atoms with Gasteiger partial charge in [0.05, 0.1) is 12.6 Å². The molecule has 0 aliphatic carbocycles. The van der Waals surface area contributed by atoms with Gasteiger partial charge in [0.1, 0.15) is 17.9 Å². The van der Waals surface area contributed by atoms with E-state index in [4.69, 9.17) is 16.3 Å². The fraction of sp³-hybridized carbons (Fsp3) is 0.105. The molecular weight excluding hydrogens is 372 g/mol. The van der Waals surface area contributed by atoms with E-state index >= 15 is 0 Å². The highest BCUT2D eigenvalue weighted by Crippen LogP contribution is 2.20. The van der Waals surface area contributed by atoms with E-state index < -0.39 is 17.0 Å². The fourth-order valence-corrected chi connectivity index (χ4v) is 2.79. The lowest BCUT2D eigenvalue weighted by Crippen LogP contribution is -2.23. The normalized spacial score (nSPS) is 10.6. The number of carbonyl (C=O) groups excluding carboxylic acids is 1. The maximum Gasteiger partial charge on any atom is 0.341 e. The number of benzene rings is 2. The van der Waals surface area contributed by atoms with Crippen molar-refractivity contribution < 1.29 is 19.4 Å². The second-order valence-corrected chi connectivity index (χ2v) is 6.18. The quantitative estimate of drug-likeness (QED) is 0.702. The standard InChI is InChI=1S/C19H15ClN2O5/c1-27-13-6-7-14-16(8-13)22(9-15(18(14)24)19(25)26)10-17(23)21-12-4-2-11(20)3-5-12/h2-9H,10H2,1H3,(H,21,23)(H,25,26). The van der Waals surface area contributed by atoms with Crippen molar-refractivity contribution in [2.45, 2.75) is 6.54 Å². The number of nitrogens with one attached hydrogen (secondary N) is 1. The minimum Gasteiger partial charge on any atom is -0.497 e. The molecule has 0 spiro atoms. The predicted octanol–water partition coefficient (Wildman–Crippen LogP) is 3.00. The highest BCUT2D eigenvalue weighted by molar-refractivity contribution is 6.30. The van der Waals surface area contributed by atoms with Gasteiger partial charge in [0.15, 0.2) is 0 Å². The number of carbonyl (C=O) groups is 2. The van der Waals surface area contributed by atoms with E-state index in [-0.39, 0.29) is 17.8 Å². The van der Waals surface area contributed by atoms with Gasteiger partial charge >= 0.3 is 5.97 Å². The first-order valence-corrected chi connectivity index (χ1v) is 8.26. The second-order valence-electron chi connectivity index (χ2n) is 5.74. The molecular formula is C19H15ClN2O5. The number of carboxylic acid groups (broad SMARTS) is 1. The molecule has 0 saturated carbocycles. The van der Waals surface area contributed by atoms with E-state index in [0.29, 0.717) is 22.0 Å². The number of rotatable bonds is 5. The summed E-state index contributed by atoms with van der Waals surface area (Å²) in [6, 6.07) is 11.2. The maximum absolute atomic E-state index is 12.4. The van der Waals surface area contributed by atoms with Crippen LogP contribution in [0.25, 0.3) is 10.9 Å². The smallest absolute Gasteiger partial charge is 0.341 e. The van der Waals surface area contributed by atoms with Crippen molar-refractivity contribution in [3.05, 3.63) is 69.5 Å². The van der Waals surface area contributed by atoms with Gasteiger partial charge in [-0.25, -0.2) is 4.79 Å². The van der Waals surface area contributed by atoms with Crippen molar-refractivity contribution in [3.63, 3.8) is 0 Å². The van der Waals surface area contributed by atoms with Gasteiger partial charge in [0, 0.05) is 28.4 Å². The number of nitrogens with zero attached hydrogens (tertiary/aromatic N) is 1. The molecule has 0 aliphatic rings. The third kappa shape index (κ3) is 3.93. The van der Waals surface area contributed by atoms with Crippen LogP contribution in [0.15, 0.2) is 53.5 Å². The Morgan fingerprint density at radius 3 is 2.52 bits per heavy atom. The van der Waals surface area contributed by atoms with Crippen LogP contribution >= 0.6 is 11.6 Å². The van der Waals surface area contributed by atoms with E-state index in [2.05, 4.69) is 5.32 Å². The van der Waals surface area contributed by atoms with E-state index in [1.54, 1.807) is 36.4 Å². The van der Waals surface area contributed by atoms with Crippen LogP contribution in [0.1, 0.15) is 10.4 Å². The Bertz CT molecular complexity index is 1090. The molecule has 27 heavy (non-hydrogen) atoms. The number of ether oxygens (including phenoxy) is 1. The van der Waals surface area contributed by atoms with Gasteiger partial charge in [0.2, 0.25) is 11.3 Å². The van der Waals surface area contributed by atoms with Crippen molar-refractivity contribution in [2.24, 2.45) is 0 Å². The molecule has 0 aliphatic heterocycles. The molecule has 1 heterocycles. The second kappa shape index (κ2) is 7.51. The minimum absolute atomic E-state index is 0.188. The SMILES string of the molecule is COc1ccc2c(=O)c(C(=O)O)cn(CC(=O)Nc3ccc(Cl)cc3)c2c1. The van der Waals surface area contributed by atoms with Gasteiger partial charge in [-0.3, -0.25) is 9.59 Å². The molecule has 0 unspecified atom stereocenters. The average molecular weight is 387 g/mol. The van der Waals surface area contributed by atoms with E-state index in [9.17, 15) is 19.5 Å². The van der Waals surface area contributed by atoms with Gasteiger partial charge in [-0.1, -0.05) is 11.6 Å². The number of methoxy groups -OCH3 is 1. The Labute approximate surface area is 158 Å². The fourth-order valence-electron chi connectivity index (χ4n) is 2.67. The number of aromatic carboxylic acids is 1. The van der Waals surface area contributed by atoms with E-state index in [1.165, 1.54) is 17.7 Å². The molecule has 3 rings (SSSR count). The molecule has 2 aromatic carbocycles. The highest BCUT2D eigenvalue weighted by atomic mass is 35.5. The zero-order valence-electron chi connectivity index (χ0n) is 14.2. The van der Waals surface area contributed by atoms with Crippen LogP contribution in [-0.2, 0) is 11.3 Å². The molecule has 8 heteroatoms. The topological polar surface area (TPSA) is 97.6 Å². The number of fused-ring (bicyclic) bond motifs is 1. The van der Waals surface area contributed by atoms with Crippen molar-refractivity contribution in [3.8, 4) is 5.75 Å². The summed E-state index contributed by atoms with van der Waals surface area (Å²) in [7, 11) is 1.47. The summed E-state index contributed by atoms with van der Waals surface area (Å²) >= 11 is 5.82. The van der Waals surface area contributed by atoms with Gasteiger partial charge in [-0.2, -0.15) is 0 Å². The summed E-state index contributed by atoms with van der Waals surface area (Å²) in [5.74, 6) is -1.26. The number of anilines is 1. The van der Waals surface area contributed by atoms with Crippen LogP contribution < -0.4 is 15.5 Å². The van der Waals surface area contributed by atoms with Crippen LogP contribution in [0, 0.1) is 0 Å². The lowest BCUT2D eigenvalue weighted by Gasteiger charge is -2.13. The number of hydrogen-bond acceptors (Lipinski definition) is 4. The molecule has 0 radical (unpaired) electrons. The molecule has 7 nitrogen and oxygen atoms in total.